The molecule has 5 heteroatoms. The molecule has 0 aliphatic carbocycles. The molecule has 2 aromatic heterocycles. The van der Waals surface area contributed by atoms with Crippen LogP contribution in [-0.2, 0) is 17.7 Å². The van der Waals surface area contributed by atoms with Crippen molar-refractivity contribution in [1.82, 2.24) is 14.9 Å². The first-order valence-corrected chi connectivity index (χ1v) is 8.99. The van der Waals surface area contributed by atoms with E-state index in [1.807, 2.05) is 25.4 Å². The van der Waals surface area contributed by atoms with Crippen LogP contribution in [0.15, 0.2) is 42.9 Å². The van der Waals surface area contributed by atoms with Crippen molar-refractivity contribution in [3.8, 4) is 0 Å². The van der Waals surface area contributed by atoms with Gasteiger partial charge in [-0.25, -0.2) is 4.39 Å². The molecule has 25 heavy (non-hydrogen) atoms. The molecule has 0 unspecified atom stereocenters. The minimum absolute atomic E-state index is 0.147. The van der Waals surface area contributed by atoms with Crippen LogP contribution in [0.4, 0.5) is 4.39 Å². The Morgan fingerprint density at radius 1 is 1.28 bits per heavy atom. The molecule has 3 rings (SSSR count). The average molecular weight is 343 g/mol. The Hall–Kier alpha value is -1.85. The minimum atomic E-state index is -0.281. The van der Waals surface area contributed by atoms with Crippen LogP contribution >= 0.6 is 0 Å². The topological polar surface area (TPSA) is 38.2 Å². The Balaban J connectivity index is 1.61. The lowest BCUT2D eigenvalue weighted by atomic mass is 9.82. The fourth-order valence-electron chi connectivity index (χ4n) is 3.57. The standard InChI is InChI=1S/C20H26FN3O/c1-2-25-16-20(8-7-19-6-5-18(21)13-23-19)9-11-24(15-20)14-17-4-3-10-22-12-17/h3-6,10,12-13H,2,7-9,11,14-16H2,1H3/t20-/m1/s1. The second-order valence-electron chi connectivity index (χ2n) is 6.93. The number of aromatic nitrogens is 2. The molecule has 0 radical (unpaired) electrons. The van der Waals surface area contributed by atoms with E-state index < -0.39 is 0 Å². The van der Waals surface area contributed by atoms with E-state index in [-0.39, 0.29) is 11.2 Å². The van der Waals surface area contributed by atoms with Crippen molar-refractivity contribution in [2.45, 2.75) is 32.7 Å². The number of ether oxygens (including phenoxy) is 1. The van der Waals surface area contributed by atoms with Gasteiger partial charge in [0.2, 0.25) is 0 Å². The minimum Gasteiger partial charge on any atom is -0.381 e. The second kappa shape index (κ2) is 8.50. The van der Waals surface area contributed by atoms with Crippen LogP contribution in [0.2, 0.25) is 0 Å². The van der Waals surface area contributed by atoms with Crippen LogP contribution in [0.5, 0.6) is 0 Å². The van der Waals surface area contributed by atoms with Gasteiger partial charge in [0.1, 0.15) is 5.82 Å². The number of nitrogens with zero attached hydrogens (tertiary/aromatic N) is 3. The van der Waals surface area contributed by atoms with Gasteiger partial charge >= 0.3 is 0 Å². The molecule has 1 aliphatic heterocycles. The molecule has 0 bridgehead atoms. The molecule has 2 aromatic rings. The Morgan fingerprint density at radius 3 is 2.92 bits per heavy atom. The Morgan fingerprint density at radius 2 is 2.20 bits per heavy atom. The van der Waals surface area contributed by atoms with Gasteiger partial charge < -0.3 is 4.74 Å². The zero-order valence-electron chi connectivity index (χ0n) is 14.8. The summed E-state index contributed by atoms with van der Waals surface area (Å²) in [4.78, 5) is 10.9. The number of hydrogen-bond donors (Lipinski definition) is 0. The Bertz CT molecular complexity index is 650. The highest BCUT2D eigenvalue weighted by atomic mass is 19.1. The first-order chi connectivity index (χ1) is 12.2. The monoisotopic (exact) mass is 343 g/mol. The number of halogens is 1. The van der Waals surface area contributed by atoms with Crippen LogP contribution < -0.4 is 0 Å². The lowest BCUT2D eigenvalue weighted by molar-refractivity contribution is 0.0488. The third-order valence-electron chi connectivity index (χ3n) is 4.96. The van der Waals surface area contributed by atoms with Crippen molar-refractivity contribution >= 4 is 0 Å². The highest BCUT2D eigenvalue weighted by molar-refractivity contribution is 5.10. The number of hydrogen-bond acceptors (Lipinski definition) is 4. The Labute approximate surface area is 149 Å². The molecule has 0 N–H and O–H groups in total. The molecule has 1 aliphatic rings. The quantitative estimate of drug-likeness (QED) is 0.735. The zero-order valence-corrected chi connectivity index (χ0v) is 14.8. The molecule has 0 saturated carbocycles. The highest BCUT2D eigenvalue weighted by Crippen LogP contribution is 2.36. The summed E-state index contributed by atoms with van der Waals surface area (Å²) in [6.07, 6.45) is 8.03. The maximum atomic E-state index is 13.0. The van der Waals surface area contributed by atoms with E-state index in [1.165, 1.54) is 17.8 Å². The van der Waals surface area contributed by atoms with E-state index in [2.05, 4.69) is 20.9 Å². The molecular weight excluding hydrogens is 317 g/mol. The predicted octanol–water partition coefficient (Wildman–Crippen LogP) is 3.48. The van der Waals surface area contributed by atoms with E-state index in [0.29, 0.717) is 0 Å². The number of rotatable bonds is 8. The average Bonchev–Trinajstić information content (AvgIpc) is 3.04. The largest absolute Gasteiger partial charge is 0.381 e. The van der Waals surface area contributed by atoms with Crippen molar-refractivity contribution in [2.75, 3.05) is 26.3 Å². The molecule has 1 saturated heterocycles. The summed E-state index contributed by atoms with van der Waals surface area (Å²) < 4.78 is 18.8. The lowest BCUT2D eigenvalue weighted by Gasteiger charge is -2.29. The van der Waals surface area contributed by atoms with E-state index in [0.717, 1.165) is 57.8 Å². The molecule has 134 valence electrons. The van der Waals surface area contributed by atoms with E-state index in [9.17, 15) is 4.39 Å². The van der Waals surface area contributed by atoms with Gasteiger partial charge in [-0.15, -0.1) is 0 Å². The molecular formula is C20H26FN3O. The maximum Gasteiger partial charge on any atom is 0.141 e. The van der Waals surface area contributed by atoms with E-state index >= 15 is 0 Å². The van der Waals surface area contributed by atoms with Crippen LogP contribution in [0, 0.1) is 11.2 Å². The number of aryl methyl sites for hydroxylation is 1. The second-order valence-corrected chi connectivity index (χ2v) is 6.93. The summed E-state index contributed by atoms with van der Waals surface area (Å²) in [6.45, 7) is 6.56. The van der Waals surface area contributed by atoms with Crippen molar-refractivity contribution < 1.29 is 9.13 Å². The molecule has 0 spiro atoms. The van der Waals surface area contributed by atoms with Crippen molar-refractivity contribution in [1.29, 1.82) is 0 Å². The van der Waals surface area contributed by atoms with Crippen LogP contribution in [0.3, 0.4) is 0 Å². The smallest absolute Gasteiger partial charge is 0.141 e. The van der Waals surface area contributed by atoms with Crippen molar-refractivity contribution in [3.63, 3.8) is 0 Å². The van der Waals surface area contributed by atoms with Gasteiger partial charge in [-0.2, -0.15) is 0 Å². The van der Waals surface area contributed by atoms with Gasteiger partial charge in [-0.3, -0.25) is 14.9 Å². The van der Waals surface area contributed by atoms with Gasteiger partial charge in [-0.05, 0) is 56.5 Å². The van der Waals surface area contributed by atoms with E-state index in [1.54, 1.807) is 6.07 Å². The SMILES string of the molecule is CCOC[C@]1(CCc2ccc(F)cn2)CCN(Cc2cccnc2)C1. The molecule has 4 nitrogen and oxygen atoms in total. The molecule has 0 amide bonds. The third-order valence-corrected chi connectivity index (χ3v) is 4.96. The van der Waals surface area contributed by atoms with Gasteiger partial charge in [0.05, 0.1) is 12.8 Å². The van der Waals surface area contributed by atoms with Crippen molar-refractivity contribution in [3.05, 3.63) is 59.9 Å². The van der Waals surface area contributed by atoms with Gasteiger partial charge in [0.15, 0.2) is 0 Å². The lowest BCUT2D eigenvalue weighted by Crippen LogP contribution is -2.32. The normalized spacial score (nSPS) is 20.9. The summed E-state index contributed by atoms with van der Waals surface area (Å²) in [5.41, 5.74) is 2.34. The third kappa shape index (κ3) is 5.06. The Kier molecular flexibility index (Phi) is 6.10. The maximum absolute atomic E-state index is 13.0. The predicted molar refractivity (Wildman–Crippen MR) is 95.6 cm³/mol. The molecule has 1 atom stereocenters. The van der Waals surface area contributed by atoms with Crippen LogP contribution in [0.25, 0.3) is 0 Å². The fraction of sp³-hybridized carbons (Fsp3) is 0.500. The summed E-state index contributed by atoms with van der Waals surface area (Å²) in [5.74, 6) is -0.281. The summed E-state index contributed by atoms with van der Waals surface area (Å²) in [7, 11) is 0. The summed E-state index contributed by atoms with van der Waals surface area (Å²) in [6, 6.07) is 7.38. The zero-order chi connectivity index (χ0) is 17.5. The molecule has 1 fully saturated rings. The summed E-state index contributed by atoms with van der Waals surface area (Å²) >= 11 is 0. The number of likely N-dealkylation sites (tertiary alicyclic amines) is 1. The van der Waals surface area contributed by atoms with Crippen molar-refractivity contribution in [2.24, 2.45) is 5.41 Å². The first-order valence-electron chi connectivity index (χ1n) is 8.99. The van der Waals surface area contributed by atoms with Crippen LogP contribution in [-0.4, -0.2) is 41.2 Å². The fourth-order valence-corrected chi connectivity index (χ4v) is 3.57. The van der Waals surface area contributed by atoms with Gasteiger partial charge in [-0.1, -0.05) is 6.07 Å². The summed E-state index contributed by atoms with van der Waals surface area (Å²) in [5, 5.41) is 0. The van der Waals surface area contributed by atoms with E-state index in [4.69, 9.17) is 4.74 Å². The van der Waals surface area contributed by atoms with Crippen LogP contribution in [0.1, 0.15) is 31.0 Å². The molecule has 3 heterocycles. The van der Waals surface area contributed by atoms with Gasteiger partial charge in [0.25, 0.3) is 0 Å². The highest BCUT2D eigenvalue weighted by Gasteiger charge is 2.38. The first kappa shape index (κ1) is 18.0. The van der Waals surface area contributed by atoms with Gasteiger partial charge in [0, 0.05) is 43.2 Å². The number of pyridine rings is 2. The molecule has 0 aromatic carbocycles.